The lowest BCUT2D eigenvalue weighted by Gasteiger charge is -2.51. The second-order valence-corrected chi connectivity index (χ2v) is 2.89. The van der Waals surface area contributed by atoms with Gasteiger partial charge in [-0.25, -0.2) is 4.79 Å². The Labute approximate surface area is 58.8 Å². The number of piperazine rings is 1. The van der Waals surface area contributed by atoms with Gasteiger partial charge in [0.15, 0.2) is 0 Å². The maximum atomic E-state index is 10.5. The van der Waals surface area contributed by atoms with Crippen LogP contribution in [0.1, 0.15) is 6.42 Å². The van der Waals surface area contributed by atoms with Crippen LogP contribution in [0.15, 0.2) is 0 Å². The summed E-state index contributed by atoms with van der Waals surface area (Å²) in [4.78, 5) is 12.0. The molecule has 0 aromatic heterocycles. The molecule has 3 aliphatic heterocycles. The van der Waals surface area contributed by atoms with E-state index in [0.717, 1.165) is 19.5 Å². The molecule has 3 rings (SSSR count). The van der Waals surface area contributed by atoms with E-state index in [1.165, 1.54) is 0 Å². The Morgan fingerprint density at radius 1 is 1.50 bits per heavy atom. The number of carbonyl (C=O) groups is 1. The zero-order valence-corrected chi connectivity index (χ0v) is 5.58. The molecule has 0 aliphatic carbocycles. The van der Waals surface area contributed by atoms with Gasteiger partial charge in [-0.15, -0.1) is 0 Å². The van der Waals surface area contributed by atoms with Crippen molar-refractivity contribution < 1.29 is 9.90 Å². The highest BCUT2D eigenvalue weighted by Crippen LogP contribution is 2.27. The fourth-order valence-electron chi connectivity index (χ4n) is 1.79. The number of nitrogens with one attached hydrogen (secondary N) is 1. The van der Waals surface area contributed by atoms with Crippen LogP contribution in [0.25, 0.3) is 0 Å². The Hall–Kier alpha value is -0.770. The van der Waals surface area contributed by atoms with Gasteiger partial charge in [-0.05, 0) is 6.42 Å². The van der Waals surface area contributed by atoms with Crippen LogP contribution in [0.2, 0.25) is 0 Å². The van der Waals surface area contributed by atoms with Crippen LogP contribution in [-0.4, -0.2) is 41.3 Å². The molecule has 0 radical (unpaired) electrons. The normalized spacial score (nSPS) is 37.0. The molecular formula is C6H10N2O2. The molecule has 4 nitrogen and oxygen atoms in total. The quantitative estimate of drug-likeness (QED) is 0.488. The van der Waals surface area contributed by atoms with Crippen LogP contribution in [-0.2, 0) is 0 Å². The first-order valence-corrected chi connectivity index (χ1v) is 3.51. The Morgan fingerprint density at radius 3 is 2.40 bits per heavy atom. The van der Waals surface area contributed by atoms with Gasteiger partial charge in [-0.2, -0.15) is 0 Å². The molecule has 0 saturated carbocycles. The molecule has 0 unspecified atom stereocenters. The fraction of sp³-hybridized carbons (Fsp3) is 0.833. The largest absolute Gasteiger partial charge is 0.465 e. The summed E-state index contributed by atoms with van der Waals surface area (Å²) in [5.41, 5.74) is 0. The second kappa shape index (κ2) is 1.85. The molecule has 2 bridgehead atoms. The van der Waals surface area contributed by atoms with Crippen molar-refractivity contribution in [2.75, 3.05) is 13.1 Å². The highest BCUT2D eigenvalue weighted by atomic mass is 16.4. The van der Waals surface area contributed by atoms with Crippen molar-refractivity contribution in [3.05, 3.63) is 0 Å². The van der Waals surface area contributed by atoms with Gasteiger partial charge in [0.2, 0.25) is 0 Å². The van der Waals surface area contributed by atoms with Crippen molar-refractivity contribution in [3.8, 4) is 0 Å². The fourth-order valence-corrected chi connectivity index (χ4v) is 1.79. The Bertz CT molecular complexity index is 157. The van der Waals surface area contributed by atoms with Crippen LogP contribution < -0.4 is 5.32 Å². The molecule has 56 valence electrons. The van der Waals surface area contributed by atoms with Gasteiger partial charge in [-0.1, -0.05) is 0 Å². The number of rotatable bonds is 0. The van der Waals surface area contributed by atoms with Gasteiger partial charge in [0.1, 0.15) is 0 Å². The van der Waals surface area contributed by atoms with Gasteiger partial charge in [0.05, 0.1) is 0 Å². The average molecular weight is 142 g/mol. The second-order valence-electron chi connectivity index (χ2n) is 2.89. The van der Waals surface area contributed by atoms with Crippen molar-refractivity contribution in [3.63, 3.8) is 0 Å². The minimum absolute atomic E-state index is 0.260. The third-order valence-electron chi connectivity index (χ3n) is 2.31. The monoisotopic (exact) mass is 142 g/mol. The van der Waals surface area contributed by atoms with Crippen LogP contribution >= 0.6 is 0 Å². The maximum Gasteiger partial charge on any atom is 0.407 e. The molecule has 0 aromatic carbocycles. The van der Waals surface area contributed by atoms with Crippen molar-refractivity contribution in [2.24, 2.45) is 0 Å². The Kier molecular flexibility index (Phi) is 1.11. The molecule has 4 heteroatoms. The van der Waals surface area contributed by atoms with E-state index < -0.39 is 6.09 Å². The van der Waals surface area contributed by atoms with Crippen LogP contribution in [0, 0.1) is 0 Å². The van der Waals surface area contributed by atoms with E-state index in [4.69, 9.17) is 5.11 Å². The molecule has 3 aliphatic rings. The summed E-state index contributed by atoms with van der Waals surface area (Å²) >= 11 is 0. The lowest BCUT2D eigenvalue weighted by Crippen LogP contribution is -2.69. The van der Waals surface area contributed by atoms with Crippen LogP contribution in [0.4, 0.5) is 4.79 Å². The highest BCUT2D eigenvalue weighted by molar-refractivity contribution is 5.67. The van der Waals surface area contributed by atoms with E-state index in [1.54, 1.807) is 4.90 Å². The van der Waals surface area contributed by atoms with Crippen molar-refractivity contribution in [1.82, 2.24) is 10.2 Å². The maximum absolute atomic E-state index is 10.5. The van der Waals surface area contributed by atoms with Gasteiger partial charge >= 0.3 is 6.09 Å². The van der Waals surface area contributed by atoms with Gasteiger partial charge in [0.25, 0.3) is 0 Å². The summed E-state index contributed by atoms with van der Waals surface area (Å²) in [6.45, 7) is 1.67. The SMILES string of the molecule is O=C(O)N1[C@@H]2CNC[C@H]1C2. The van der Waals surface area contributed by atoms with Crippen molar-refractivity contribution in [1.29, 1.82) is 0 Å². The minimum Gasteiger partial charge on any atom is -0.465 e. The number of hydrogen-bond donors (Lipinski definition) is 2. The third kappa shape index (κ3) is 0.623. The molecule has 3 fully saturated rings. The summed E-state index contributed by atoms with van der Waals surface area (Å²) in [6, 6.07) is 0.521. The molecule has 0 spiro atoms. The number of amides is 1. The highest BCUT2D eigenvalue weighted by Gasteiger charge is 2.44. The number of piperidine rings is 1. The molecule has 0 aromatic rings. The lowest BCUT2D eigenvalue weighted by molar-refractivity contribution is 0.000989. The predicted molar refractivity (Wildman–Crippen MR) is 34.9 cm³/mol. The van der Waals surface area contributed by atoms with E-state index in [2.05, 4.69) is 5.32 Å². The number of nitrogens with zero attached hydrogens (tertiary/aromatic N) is 1. The summed E-state index contributed by atoms with van der Waals surface area (Å²) in [6.07, 6.45) is 0.294. The molecule has 1 amide bonds. The van der Waals surface area contributed by atoms with Gasteiger partial charge in [-0.3, -0.25) is 4.90 Å². The molecule has 3 saturated heterocycles. The molecule has 10 heavy (non-hydrogen) atoms. The van der Waals surface area contributed by atoms with Crippen LogP contribution in [0.5, 0.6) is 0 Å². The number of carboxylic acid groups (broad SMARTS) is 1. The van der Waals surface area contributed by atoms with E-state index in [-0.39, 0.29) is 12.1 Å². The Morgan fingerprint density at radius 2 is 2.10 bits per heavy atom. The van der Waals surface area contributed by atoms with Crippen molar-refractivity contribution in [2.45, 2.75) is 18.5 Å². The number of hydrogen-bond acceptors (Lipinski definition) is 2. The first-order valence-electron chi connectivity index (χ1n) is 3.51. The summed E-state index contributed by atoms with van der Waals surface area (Å²) < 4.78 is 0. The molecule has 2 atom stereocenters. The average Bonchev–Trinajstić information content (AvgIpc) is 1.87. The summed E-state index contributed by atoms with van der Waals surface area (Å²) in [7, 11) is 0. The molecular weight excluding hydrogens is 132 g/mol. The standard InChI is InChI=1S/C6H10N2O2/c9-6(10)8-4-1-5(8)3-7-2-4/h4-5,7H,1-3H2,(H,9,10)/t4-,5+. The first kappa shape index (κ1) is 5.97. The predicted octanol–water partition coefficient (Wildman–Crippen LogP) is -0.289. The van der Waals surface area contributed by atoms with E-state index in [0.29, 0.717) is 0 Å². The smallest absolute Gasteiger partial charge is 0.407 e. The zero-order chi connectivity index (χ0) is 7.14. The topological polar surface area (TPSA) is 52.6 Å². The number of fused-ring (bicyclic) bond motifs is 2. The van der Waals surface area contributed by atoms with Crippen molar-refractivity contribution >= 4 is 6.09 Å². The van der Waals surface area contributed by atoms with E-state index in [9.17, 15) is 4.79 Å². The first-order chi connectivity index (χ1) is 4.79. The van der Waals surface area contributed by atoms with Gasteiger partial charge in [0, 0.05) is 25.2 Å². The molecule has 3 heterocycles. The van der Waals surface area contributed by atoms with E-state index in [1.807, 2.05) is 0 Å². The third-order valence-corrected chi connectivity index (χ3v) is 2.31. The minimum atomic E-state index is -0.761. The van der Waals surface area contributed by atoms with Gasteiger partial charge < -0.3 is 10.4 Å². The summed E-state index contributed by atoms with van der Waals surface area (Å²) in [5, 5.41) is 11.8. The Balaban J connectivity index is 2.06. The zero-order valence-electron chi connectivity index (χ0n) is 5.58. The van der Waals surface area contributed by atoms with E-state index >= 15 is 0 Å². The summed E-state index contributed by atoms with van der Waals surface area (Å²) in [5.74, 6) is 0. The lowest BCUT2D eigenvalue weighted by atomic mass is 9.90. The van der Waals surface area contributed by atoms with Crippen LogP contribution in [0.3, 0.4) is 0 Å². The molecule has 2 N–H and O–H groups in total.